The Morgan fingerprint density at radius 2 is 1.30 bits per heavy atom. The van der Waals surface area contributed by atoms with E-state index in [4.69, 9.17) is 33.2 Å². The fraction of sp³-hybridized carbons (Fsp3) is 0.933. The lowest BCUT2D eigenvalue weighted by atomic mass is 9.44. The van der Waals surface area contributed by atoms with Crippen LogP contribution in [0.2, 0.25) is 0 Å². The van der Waals surface area contributed by atoms with Crippen molar-refractivity contribution in [3.8, 4) is 0 Å². The van der Waals surface area contributed by atoms with Gasteiger partial charge in [0.15, 0.2) is 18.9 Å². The maximum Gasteiger partial charge on any atom is 0.187 e. The second kappa shape index (κ2) is 19.1. The first kappa shape index (κ1) is 49.0. The first-order valence-corrected chi connectivity index (χ1v) is 23.4. The molecule has 8 rings (SSSR count). The Balaban J connectivity index is 0.855. The van der Waals surface area contributed by atoms with Crippen molar-refractivity contribution >= 4 is 5.78 Å². The summed E-state index contributed by atoms with van der Waals surface area (Å²) in [7, 11) is 0. The lowest BCUT2D eigenvalue weighted by molar-refractivity contribution is -0.364. The van der Waals surface area contributed by atoms with Crippen molar-refractivity contribution in [2.24, 2.45) is 46.3 Å². The van der Waals surface area contributed by atoms with Gasteiger partial charge < -0.3 is 89.3 Å². The van der Waals surface area contributed by atoms with E-state index < -0.39 is 117 Å². The van der Waals surface area contributed by atoms with E-state index >= 15 is 0 Å². The number of rotatable bonds is 13. The van der Waals surface area contributed by atoms with Crippen LogP contribution in [0.5, 0.6) is 0 Å². The van der Waals surface area contributed by atoms with Crippen LogP contribution in [0.4, 0.5) is 0 Å². The zero-order chi connectivity index (χ0) is 46.2. The van der Waals surface area contributed by atoms with E-state index in [-0.39, 0.29) is 53.8 Å². The number of fused-ring (bicyclic) bond motifs is 7. The van der Waals surface area contributed by atoms with Gasteiger partial charge >= 0.3 is 0 Å². The molecule has 3 saturated heterocycles. The second-order valence-corrected chi connectivity index (χ2v) is 20.8. The van der Waals surface area contributed by atoms with Gasteiger partial charge in [-0.3, -0.25) is 4.79 Å². The SMILES string of the molecule is CC1=C(CC[C@@H](C)CO[C@@H]2O[C@H](CO)[C@@H](O)[C@@H](O)[C@H]2O)OC2CC3C4CCC5CC(O[C@@H]6O[C@H](CO)[C@H](O[C@@H]7O[C@H](CO)[C@@H](O)[C@@H](O)[C@H]7O)[C@@H](O)[C@H]6O)CC[C@]5(C)C4CC(=O)[C@]3(C)C12. The summed E-state index contributed by atoms with van der Waals surface area (Å²) >= 11 is 0. The van der Waals surface area contributed by atoms with E-state index in [0.717, 1.165) is 37.0 Å². The number of carbonyl (C=O) groups is 1. The summed E-state index contributed by atoms with van der Waals surface area (Å²) < 4.78 is 41.4. The number of hydrogen-bond donors (Lipinski definition) is 11. The van der Waals surface area contributed by atoms with Gasteiger partial charge in [0.05, 0.1) is 38.3 Å². The fourth-order valence-corrected chi connectivity index (χ4v) is 13.4. The van der Waals surface area contributed by atoms with Crippen molar-refractivity contribution in [1.29, 1.82) is 0 Å². The zero-order valence-electron chi connectivity index (χ0n) is 37.2. The highest BCUT2D eigenvalue weighted by Gasteiger charge is 2.68. The molecule has 0 amide bonds. The van der Waals surface area contributed by atoms with Crippen LogP contribution >= 0.6 is 0 Å². The average Bonchev–Trinajstić information content (AvgIpc) is 3.77. The maximum absolute atomic E-state index is 14.6. The van der Waals surface area contributed by atoms with Gasteiger partial charge in [0.1, 0.15) is 85.1 Å². The van der Waals surface area contributed by atoms with E-state index in [2.05, 4.69) is 20.8 Å². The van der Waals surface area contributed by atoms with Crippen molar-refractivity contribution in [2.75, 3.05) is 26.4 Å². The predicted molar refractivity (Wildman–Crippen MR) is 218 cm³/mol. The maximum atomic E-state index is 14.6. The van der Waals surface area contributed by atoms with Crippen LogP contribution in [0, 0.1) is 46.3 Å². The van der Waals surface area contributed by atoms with Crippen molar-refractivity contribution < 1.29 is 94.1 Å². The second-order valence-electron chi connectivity index (χ2n) is 20.8. The molecule has 0 aromatic rings. The smallest absolute Gasteiger partial charge is 0.187 e. The highest BCUT2D eigenvalue weighted by atomic mass is 16.7. The molecule has 0 radical (unpaired) electrons. The minimum absolute atomic E-state index is 0.00138. The minimum Gasteiger partial charge on any atom is -0.494 e. The first-order valence-electron chi connectivity index (χ1n) is 23.4. The molecule has 4 aliphatic carbocycles. The number of Topliss-reactive ketones (excluding diaryl/α,β-unsaturated/α-hetero) is 1. The highest BCUT2D eigenvalue weighted by molar-refractivity contribution is 5.87. The number of ether oxygens (including phenoxy) is 7. The minimum atomic E-state index is -1.76. The van der Waals surface area contributed by atoms with Crippen molar-refractivity contribution in [2.45, 2.75) is 190 Å². The zero-order valence-corrected chi connectivity index (χ0v) is 37.2. The molecule has 0 spiro atoms. The Morgan fingerprint density at radius 1 is 0.703 bits per heavy atom. The lowest BCUT2D eigenvalue weighted by Crippen LogP contribution is -2.65. The Morgan fingerprint density at radius 3 is 1.95 bits per heavy atom. The van der Waals surface area contributed by atoms with Gasteiger partial charge in [-0.15, -0.1) is 0 Å². The summed E-state index contributed by atoms with van der Waals surface area (Å²) in [4.78, 5) is 14.6. The first-order chi connectivity index (χ1) is 30.4. The molecular weight excluding hydrogens is 844 g/mol. The highest BCUT2D eigenvalue weighted by Crippen LogP contribution is 2.69. The molecule has 0 bridgehead atoms. The van der Waals surface area contributed by atoms with Gasteiger partial charge in [-0.05, 0) is 92.4 Å². The molecule has 19 nitrogen and oxygen atoms in total. The molecular formula is C45H72O19. The summed E-state index contributed by atoms with van der Waals surface area (Å²) in [6.07, 6.45) is -15.6. The molecule has 7 fully saturated rings. The van der Waals surface area contributed by atoms with Gasteiger partial charge in [-0.1, -0.05) is 20.8 Å². The third kappa shape index (κ3) is 8.43. The van der Waals surface area contributed by atoms with Crippen LogP contribution in [-0.2, 0) is 38.0 Å². The Labute approximate surface area is 373 Å². The quantitative estimate of drug-likeness (QED) is 0.0923. The third-order valence-electron chi connectivity index (χ3n) is 17.2. The largest absolute Gasteiger partial charge is 0.494 e. The number of aliphatic hydroxyl groups excluding tert-OH is 11. The normalized spacial score (nSPS) is 52.1. The van der Waals surface area contributed by atoms with Crippen LogP contribution < -0.4 is 0 Å². The molecule has 11 N–H and O–H groups in total. The van der Waals surface area contributed by atoms with Gasteiger partial charge in [0.2, 0.25) is 0 Å². The summed E-state index contributed by atoms with van der Waals surface area (Å²) in [6, 6.07) is 0. The van der Waals surface area contributed by atoms with E-state index in [9.17, 15) is 61.0 Å². The van der Waals surface area contributed by atoms with Crippen LogP contribution in [0.3, 0.4) is 0 Å². The molecule has 4 aliphatic heterocycles. The lowest BCUT2D eigenvalue weighted by Gasteiger charge is -2.60. The van der Waals surface area contributed by atoms with Crippen LogP contribution in [0.1, 0.15) is 85.5 Å². The van der Waals surface area contributed by atoms with Gasteiger partial charge in [-0.2, -0.15) is 0 Å². The molecule has 0 aromatic carbocycles. The molecule has 25 atom stereocenters. The summed E-state index contributed by atoms with van der Waals surface area (Å²) in [5.41, 5.74) is 0.474. The fourth-order valence-electron chi connectivity index (χ4n) is 13.4. The summed E-state index contributed by atoms with van der Waals surface area (Å²) in [5, 5.41) is 113. The average molecular weight is 917 g/mol. The number of aliphatic hydroxyl groups is 11. The van der Waals surface area contributed by atoms with Crippen LogP contribution in [0.25, 0.3) is 0 Å². The van der Waals surface area contributed by atoms with Crippen molar-refractivity contribution in [3.63, 3.8) is 0 Å². The summed E-state index contributed by atoms with van der Waals surface area (Å²) in [5.74, 6) is 2.21. The third-order valence-corrected chi connectivity index (χ3v) is 17.2. The van der Waals surface area contributed by atoms with E-state index in [1.807, 2.05) is 6.92 Å². The number of hydrogen-bond acceptors (Lipinski definition) is 19. The predicted octanol–water partition coefficient (Wildman–Crippen LogP) is -1.65. The van der Waals surface area contributed by atoms with Crippen molar-refractivity contribution in [1.82, 2.24) is 0 Å². The summed E-state index contributed by atoms with van der Waals surface area (Å²) in [6.45, 7) is 6.93. The van der Waals surface area contributed by atoms with E-state index in [1.54, 1.807) is 0 Å². The monoisotopic (exact) mass is 916 g/mol. The molecule has 4 heterocycles. The van der Waals surface area contributed by atoms with Gasteiger partial charge in [-0.25, -0.2) is 0 Å². The van der Waals surface area contributed by atoms with Crippen molar-refractivity contribution in [3.05, 3.63) is 11.3 Å². The molecule has 4 saturated carbocycles. The Kier molecular flexibility index (Phi) is 14.6. The molecule has 19 heteroatoms. The Bertz CT molecular complexity index is 1660. The number of ketones is 1. The molecule has 366 valence electrons. The van der Waals surface area contributed by atoms with E-state index in [0.29, 0.717) is 43.8 Å². The van der Waals surface area contributed by atoms with E-state index in [1.165, 1.54) is 0 Å². The number of allylic oxidation sites excluding steroid dienone is 1. The van der Waals surface area contributed by atoms with Gasteiger partial charge in [0, 0.05) is 24.2 Å². The van der Waals surface area contributed by atoms with Gasteiger partial charge in [0.25, 0.3) is 0 Å². The standard InChI is InChI=1S/C45H72O19/c1-18(17-58-41-37(55)34(52)32(50)27(14-46)61-41)5-8-25-19(2)31-26(60-25)12-24-22-7-6-20-11-21(9-10-44(20,3)23(22)13-30(49)45(24,31)4)59-42-39(57)36(54)40(29(16-48)63-42)64-43-38(56)35(53)33(51)28(15-47)62-43/h18,20-24,26-29,31-43,46-48,50-57H,5-17H2,1-4H3/t18-,20?,21?,22?,23?,24?,26?,27-,28-,29-,31?,32-,33-,34-,35-,36+,37-,38-,39-,40+,41-,42-,43+,44+,45-/m1/s1. The topological polar surface area (TPSA) is 304 Å². The Hall–Kier alpha value is -1.47. The number of carbonyl (C=O) groups excluding carboxylic acids is 1. The van der Waals surface area contributed by atoms with Crippen LogP contribution in [0.15, 0.2) is 11.3 Å². The molecule has 8 aliphatic rings. The molecule has 64 heavy (non-hydrogen) atoms. The molecule has 7 unspecified atom stereocenters. The van der Waals surface area contributed by atoms with Crippen LogP contribution in [-0.4, -0.2) is 193 Å². The molecule has 0 aromatic heterocycles.